The highest BCUT2D eigenvalue weighted by atomic mass is 16.5. The van der Waals surface area contributed by atoms with Crippen LogP contribution in [0.4, 0.5) is 0 Å². The van der Waals surface area contributed by atoms with Crippen molar-refractivity contribution in [3.05, 3.63) is 29.8 Å². The summed E-state index contributed by atoms with van der Waals surface area (Å²) in [4.78, 5) is 16.8. The smallest absolute Gasteiger partial charge is 0.225 e. The fourth-order valence-electron chi connectivity index (χ4n) is 3.28. The second-order valence-corrected chi connectivity index (χ2v) is 7.00. The van der Waals surface area contributed by atoms with Crippen LogP contribution in [0.5, 0.6) is 5.75 Å². The van der Waals surface area contributed by atoms with Crippen LogP contribution in [0, 0.1) is 5.92 Å². The van der Waals surface area contributed by atoms with E-state index in [1.165, 1.54) is 12.0 Å². The molecule has 3 rings (SSSR count). The number of nitrogens with zero attached hydrogens (tertiary/aromatic N) is 2. The maximum atomic E-state index is 12.3. The Bertz CT molecular complexity index is 532. The van der Waals surface area contributed by atoms with Gasteiger partial charge in [-0.05, 0) is 32.8 Å². The molecule has 4 nitrogen and oxygen atoms in total. The zero-order chi connectivity index (χ0) is 16.2. The highest BCUT2D eigenvalue weighted by molar-refractivity contribution is 5.79. The molecular formula is C19H28N2O2. The van der Waals surface area contributed by atoms with E-state index in [2.05, 4.69) is 35.8 Å². The van der Waals surface area contributed by atoms with Gasteiger partial charge in [0.25, 0.3) is 0 Å². The monoisotopic (exact) mass is 316 g/mol. The highest BCUT2D eigenvalue weighted by Crippen LogP contribution is 2.29. The number of hydrogen-bond acceptors (Lipinski definition) is 3. The minimum absolute atomic E-state index is 0.188. The van der Waals surface area contributed by atoms with Gasteiger partial charge in [-0.1, -0.05) is 24.6 Å². The predicted molar refractivity (Wildman–Crippen MR) is 91.4 cm³/mol. The average molecular weight is 316 g/mol. The number of amides is 1. The molecule has 0 radical (unpaired) electrons. The lowest BCUT2D eigenvalue weighted by Gasteiger charge is -2.38. The van der Waals surface area contributed by atoms with Crippen molar-refractivity contribution < 1.29 is 9.53 Å². The largest absolute Gasteiger partial charge is 0.491 e. The molecule has 1 amide bonds. The van der Waals surface area contributed by atoms with Crippen molar-refractivity contribution in [2.45, 2.75) is 45.8 Å². The molecule has 0 atom stereocenters. The van der Waals surface area contributed by atoms with Gasteiger partial charge in [0.15, 0.2) is 0 Å². The van der Waals surface area contributed by atoms with Crippen molar-refractivity contribution >= 4 is 5.91 Å². The Kier molecular flexibility index (Phi) is 5.21. The van der Waals surface area contributed by atoms with Crippen LogP contribution in [-0.2, 0) is 11.3 Å². The summed E-state index contributed by atoms with van der Waals surface area (Å²) in [6, 6.07) is 8.28. The molecule has 1 aromatic rings. The topological polar surface area (TPSA) is 32.8 Å². The first-order valence-corrected chi connectivity index (χ1v) is 8.89. The van der Waals surface area contributed by atoms with E-state index in [4.69, 9.17) is 4.74 Å². The van der Waals surface area contributed by atoms with Crippen LogP contribution in [0.1, 0.15) is 38.7 Å². The van der Waals surface area contributed by atoms with Gasteiger partial charge in [-0.25, -0.2) is 0 Å². The number of benzene rings is 1. The molecule has 23 heavy (non-hydrogen) atoms. The van der Waals surface area contributed by atoms with E-state index in [0.29, 0.717) is 11.8 Å². The van der Waals surface area contributed by atoms with Crippen molar-refractivity contribution in [3.8, 4) is 5.75 Å². The number of carbonyl (C=O) groups is 1. The van der Waals surface area contributed by atoms with E-state index < -0.39 is 0 Å². The van der Waals surface area contributed by atoms with Gasteiger partial charge < -0.3 is 9.64 Å². The summed E-state index contributed by atoms with van der Waals surface area (Å²) >= 11 is 0. The lowest BCUT2D eigenvalue weighted by Crippen LogP contribution is -2.50. The Hall–Kier alpha value is -1.55. The van der Waals surface area contributed by atoms with Gasteiger partial charge in [-0.3, -0.25) is 9.69 Å². The standard InChI is InChI=1S/C19H28N2O2/c1-15(2)23-18-9-4-3-6-17(18)14-20-10-12-21(13-11-20)19(22)16-7-5-8-16/h3-4,6,9,15-16H,5,7-8,10-14H2,1-2H3. The third-order valence-corrected chi connectivity index (χ3v) is 4.87. The molecule has 1 heterocycles. The van der Waals surface area contributed by atoms with Crippen LogP contribution < -0.4 is 4.74 Å². The molecule has 0 spiro atoms. The summed E-state index contributed by atoms with van der Waals surface area (Å²) in [5.41, 5.74) is 1.24. The molecule has 1 aromatic carbocycles. The van der Waals surface area contributed by atoms with Crippen LogP contribution >= 0.6 is 0 Å². The summed E-state index contributed by atoms with van der Waals surface area (Å²) in [7, 11) is 0. The van der Waals surface area contributed by atoms with Crippen molar-refractivity contribution in [2.24, 2.45) is 5.92 Å². The average Bonchev–Trinajstić information content (AvgIpc) is 2.48. The SMILES string of the molecule is CC(C)Oc1ccccc1CN1CCN(C(=O)C2CCC2)CC1. The second-order valence-electron chi connectivity index (χ2n) is 7.00. The Morgan fingerprint density at radius 3 is 2.48 bits per heavy atom. The van der Waals surface area contributed by atoms with Crippen molar-refractivity contribution in [1.29, 1.82) is 0 Å². The first kappa shape index (κ1) is 16.3. The maximum Gasteiger partial charge on any atom is 0.225 e. The van der Waals surface area contributed by atoms with Crippen molar-refractivity contribution in [1.82, 2.24) is 9.80 Å². The highest BCUT2D eigenvalue weighted by Gasteiger charge is 2.31. The molecule has 1 saturated heterocycles. The third kappa shape index (κ3) is 4.05. The number of rotatable bonds is 5. The minimum atomic E-state index is 0.188. The molecule has 2 fully saturated rings. The van der Waals surface area contributed by atoms with Crippen LogP contribution in [0.15, 0.2) is 24.3 Å². The lowest BCUT2D eigenvalue weighted by molar-refractivity contribution is -0.140. The number of piperazine rings is 1. The number of carbonyl (C=O) groups excluding carboxylic acids is 1. The fourth-order valence-corrected chi connectivity index (χ4v) is 3.28. The van der Waals surface area contributed by atoms with Crippen LogP contribution in [-0.4, -0.2) is 48.0 Å². The van der Waals surface area contributed by atoms with Crippen molar-refractivity contribution in [2.75, 3.05) is 26.2 Å². The molecule has 2 aliphatic rings. The summed E-state index contributed by atoms with van der Waals surface area (Å²) in [6.07, 6.45) is 3.61. The Morgan fingerprint density at radius 1 is 1.17 bits per heavy atom. The van der Waals surface area contributed by atoms with Gasteiger partial charge in [0.05, 0.1) is 6.10 Å². The van der Waals surface area contributed by atoms with E-state index in [0.717, 1.165) is 51.3 Å². The van der Waals surface area contributed by atoms with Crippen molar-refractivity contribution in [3.63, 3.8) is 0 Å². The zero-order valence-corrected chi connectivity index (χ0v) is 14.3. The first-order chi connectivity index (χ1) is 11.1. The van der Waals surface area contributed by atoms with Crippen LogP contribution in [0.3, 0.4) is 0 Å². The van der Waals surface area contributed by atoms with E-state index in [9.17, 15) is 4.79 Å². The summed E-state index contributed by atoms with van der Waals surface area (Å²) in [5.74, 6) is 1.69. The molecular weight excluding hydrogens is 288 g/mol. The third-order valence-electron chi connectivity index (χ3n) is 4.87. The molecule has 126 valence electrons. The Morgan fingerprint density at radius 2 is 1.87 bits per heavy atom. The first-order valence-electron chi connectivity index (χ1n) is 8.89. The summed E-state index contributed by atoms with van der Waals surface area (Å²) in [5, 5.41) is 0. The molecule has 1 aliphatic heterocycles. The quantitative estimate of drug-likeness (QED) is 0.837. The fraction of sp³-hybridized carbons (Fsp3) is 0.632. The van der Waals surface area contributed by atoms with Gasteiger partial charge in [-0.2, -0.15) is 0 Å². The predicted octanol–water partition coefficient (Wildman–Crippen LogP) is 2.92. The molecule has 0 unspecified atom stereocenters. The summed E-state index contributed by atoms with van der Waals surface area (Å²) in [6.45, 7) is 8.64. The van der Waals surface area contributed by atoms with Gasteiger partial charge in [-0.15, -0.1) is 0 Å². The number of para-hydroxylation sites is 1. The minimum Gasteiger partial charge on any atom is -0.491 e. The van der Waals surface area contributed by atoms with Gasteiger partial charge >= 0.3 is 0 Å². The van der Waals surface area contributed by atoms with E-state index >= 15 is 0 Å². The van der Waals surface area contributed by atoms with Gasteiger partial charge in [0.2, 0.25) is 5.91 Å². The van der Waals surface area contributed by atoms with E-state index in [1.807, 2.05) is 12.1 Å². The van der Waals surface area contributed by atoms with E-state index in [-0.39, 0.29) is 6.10 Å². The molecule has 1 aliphatic carbocycles. The molecule has 0 aromatic heterocycles. The molecule has 4 heteroatoms. The van der Waals surface area contributed by atoms with E-state index in [1.54, 1.807) is 0 Å². The zero-order valence-electron chi connectivity index (χ0n) is 14.3. The normalized spacial score (nSPS) is 19.7. The number of hydrogen-bond donors (Lipinski definition) is 0. The molecule has 0 bridgehead atoms. The Labute approximate surface area is 139 Å². The van der Waals surface area contributed by atoms with Gasteiger partial charge in [0, 0.05) is 44.2 Å². The number of ether oxygens (including phenoxy) is 1. The van der Waals surface area contributed by atoms with Gasteiger partial charge in [0.1, 0.15) is 5.75 Å². The Balaban J connectivity index is 1.53. The van der Waals surface area contributed by atoms with Crippen LogP contribution in [0.2, 0.25) is 0 Å². The maximum absolute atomic E-state index is 12.3. The van der Waals surface area contributed by atoms with Crippen LogP contribution in [0.25, 0.3) is 0 Å². The second kappa shape index (κ2) is 7.35. The molecule has 0 N–H and O–H groups in total. The molecule has 1 saturated carbocycles. The lowest BCUT2D eigenvalue weighted by atomic mass is 9.84. The summed E-state index contributed by atoms with van der Waals surface area (Å²) < 4.78 is 5.91.